The number of likely N-dealkylation sites (N-methyl/N-ethyl adjacent to an activating group) is 1. The molecular weight excluding hydrogens is 266 g/mol. The molecule has 1 aliphatic rings. The maximum absolute atomic E-state index is 12.0. The summed E-state index contributed by atoms with van der Waals surface area (Å²) in [5, 5.41) is 5.91. The number of nitrogens with zero attached hydrogens (tertiary/aromatic N) is 1. The van der Waals surface area contributed by atoms with Gasteiger partial charge in [-0.3, -0.25) is 9.59 Å². The Morgan fingerprint density at radius 2 is 2.05 bits per heavy atom. The van der Waals surface area contributed by atoms with Crippen molar-refractivity contribution in [3.05, 3.63) is 0 Å². The number of hydrogen-bond acceptors (Lipinski definition) is 3. The highest BCUT2D eigenvalue weighted by Crippen LogP contribution is 2.17. The molecule has 1 atom stereocenters. The summed E-state index contributed by atoms with van der Waals surface area (Å²) in [7, 11) is 1.90. The van der Waals surface area contributed by atoms with Gasteiger partial charge >= 0.3 is 0 Å². The van der Waals surface area contributed by atoms with E-state index in [9.17, 15) is 9.59 Å². The van der Waals surface area contributed by atoms with Gasteiger partial charge in [0.2, 0.25) is 11.8 Å². The van der Waals surface area contributed by atoms with Crippen molar-refractivity contribution in [1.29, 1.82) is 0 Å². The van der Waals surface area contributed by atoms with Gasteiger partial charge < -0.3 is 15.5 Å². The summed E-state index contributed by atoms with van der Waals surface area (Å²) in [6, 6.07) is 0.307. The zero-order valence-corrected chi connectivity index (χ0v) is 12.7. The number of nitrogens with one attached hydrogen (secondary N) is 2. The molecule has 2 N–H and O–H groups in total. The van der Waals surface area contributed by atoms with E-state index in [0.717, 1.165) is 32.4 Å². The first-order chi connectivity index (χ1) is 8.69. The third kappa shape index (κ3) is 6.25. The standard InChI is InChI=1S/C13H25N3O2.ClH/c1-3-8-15-12(17)6-7-13(18)16-9-4-5-11(16)10-14-2;/h11,14H,3-10H2,1-2H3,(H,15,17);1H. The summed E-state index contributed by atoms with van der Waals surface area (Å²) in [6.07, 6.45) is 3.70. The minimum Gasteiger partial charge on any atom is -0.356 e. The van der Waals surface area contributed by atoms with Crippen molar-refractivity contribution in [2.45, 2.75) is 45.1 Å². The van der Waals surface area contributed by atoms with E-state index in [2.05, 4.69) is 10.6 Å². The van der Waals surface area contributed by atoms with E-state index in [1.54, 1.807) is 0 Å². The first-order valence-corrected chi connectivity index (χ1v) is 6.89. The molecule has 0 aliphatic carbocycles. The monoisotopic (exact) mass is 291 g/mol. The van der Waals surface area contributed by atoms with Gasteiger partial charge in [0.15, 0.2) is 0 Å². The van der Waals surface area contributed by atoms with E-state index in [0.29, 0.717) is 25.4 Å². The molecule has 1 aliphatic heterocycles. The topological polar surface area (TPSA) is 61.4 Å². The van der Waals surface area contributed by atoms with Crippen LogP contribution in [0.3, 0.4) is 0 Å². The van der Waals surface area contributed by atoms with Crippen molar-refractivity contribution >= 4 is 24.2 Å². The van der Waals surface area contributed by atoms with Crippen LogP contribution in [0.25, 0.3) is 0 Å². The number of halogens is 1. The minimum absolute atomic E-state index is 0. The fourth-order valence-corrected chi connectivity index (χ4v) is 2.33. The molecule has 1 rings (SSSR count). The van der Waals surface area contributed by atoms with E-state index in [1.807, 2.05) is 18.9 Å². The summed E-state index contributed by atoms with van der Waals surface area (Å²) in [6.45, 7) is 4.38. The smallest absolute Gasteiger partial charge is 0.223 e. The van der Waals surface area contributed by atoms with Crippen molar-refractivity contribution in [3.8, 4) is 0 Å². The molecule has 0 radical (unpaired) electrons. The van der Waals surface area contributed by atoms with Gasteiger partial charge in [-0.2, -0.15) is 0 Å². The van der Waals surface area contributed by atoms with Crippen LogP contribution in [0.1, 0.15) is 39.0 Å². The molecule has 1 fully saturated rings. The molecule has 2 amide bonds. The van der Waals surface area contributed by atoms with Crippen LogP contribution in [0.4, 0.5) is 0 Å². The van der Waals surface area contributed by atoms with Crippen LogP contribution in [-0.4, -0.2) is 49.4 Å². The number of amides is 2. The molecule has 0 aromatic heterocycles. The Hall–Kier alpha value is -0.810. The van der Waals surface area contributed by atoms with Crippen molar-refractivity contribution in [3.63, 3.8) is 0 Å². The van der Waals surface area contributed by atoms with Crippen LogP contribution in [0.5, 0.6) is 0 Å². The second-order valence-corrected chi connectivity index (χ2v) is 4.79. The molecule has 1 unspecified atom stereocenters. The number of rotatable bonds is 7. The molecular formula is C13H26ClN3O2. The Labute approximate surface area is 121 Å². The zero-order valence-electron chi connectivity index (χ0n) is 11.9. The Morgan fingerprint density at radius 1 is 1.32 bits per heavy atom. The van der Waals surface area contributed by atoms with Gasteiger partial charge in [-0.1, -0.05) is 6.92 Å². The zero-order chi connectivity index (χ0) is 13.4. The lowest BCUT2D eigenvalue weighted by Crippen LogP contribution is -2.41. The van der Waals surface area contributed by atoms with Gasteiger partial charge in [0.1, 0.15) is 0 Å². The molecule has 112 valence electrons. The van der Waals surface area contributed by atoms with Crippen LogP contribution in [0.15, 0.2) is 0 Å². The average molecular weight is 292 g/mol. The van der Waals surface area contributed by atoms with Crippen molar-refractivity contribution in [1.82, 2.24) is 15.5 Å². The molecule has 1 saturated heterocycles. The molecule has 19 heavy (non-hydrogen) atoms. The molecule has 1 heterocycles. The summed E-state index contributed by atoms with van der Waals surface area (Å²) < 4.78 is 0. The Kier molecular flexibility index (Phi) is 9.61. The lowest BCUT2D eigenvalue weighted by atomic mass is 10.2. The van der Waals surface area contributed by atoms with Crippen LogP contribution in [0.2, 0.25) is 0 Å². The number of carbonyl (C=O) groups excluding carboxylic acids is 2. The van der Waals surface area contributed by atoms with Gasteiger partial charge in [0.05, 0.1) is 0 Å². The lowest BCUT2D eigenvalue weighted by Gasteiger charge is -2.24. The number of carbonyl (C=O) groups is 2. The van der Waals surface area contributed by atoms with Crippen molar-refractivity contribution < 1.29 is 9.59 Å². The van der Waals surface area contributed by atoms with Crippen LogP contribution in [0, 0.1) is 0 Å². The third-order valence-corrected chi connectivity index (χ3v) is 3.28. The van der Waals surface area contributed by atoms with E-state index in [1.165, 1.54) is 0 Å². The molecule has 6 heteroatoms. The molecule has 0 aromatic carbocycles. The minimum atomic E-state index is -0.0189. The van der Waals surface area contributed by atoms with Gasteiger partial charge in [0.25, 0.3) is 0 Å². The van der Waals surface area contributed by atoms with Gasteiger partial charge in [-0.05, 0) is 26.3 Å². The summed E-state index contributed by atoms with van der Waals surface area (Å²) in [5.74, 6) is 0.0916. The fraction of sp³-hybridized carbons (Fsp3) is 0.846. The van der Waals surface area contributed by atoms with Crippen LogP contribution < -0.4 is 10.6 Å². The second-order valence-electron chi connectivity index (χ2n) is 4.79. The van der Waals surface area contributed by atoms with E-state index in [-0.39, 0.29) is 24.2 Å². The second kappa shape index (κ2) is 10.0. The van der Waals surface area contributed by atoms with Crippen molar-refractivity contribution in [2.75, 3.05) is 26.7 Å². The van der Waals surface area contributed by atoms with Crippen LogP contribution >= 0.6 is 12.4 Å². The maximum atomic E-state index is 12.0. The highest BCUT2D eigenvalue weighted by Gasteiger charge is 2.27. The molecule has 0 saturated carbocycles. The molecule has 5 nitrogen and oxygen atoms in total. The predicted octanol–water partition coefficient (Wildman–Crippen LogP) is 0.925. The SMILES string of the molecule is CCCNC(=O)CCC(=O)N1CCCC1CNC.Cl. The number of likely N-dealkylation sites (tertiary alicyclic amines) is 1. The highest BCUT2D eigenvalue weighted by atomic mass is 35.5. The first-order valence-electron chi connectivity index (χ1n) is 6.89. The molecule has 0 bridgehead atoms. The quantitative estimate of drug-likeness (QED) is 0.733. The predicted molar refractivity (Wildman–Crippen MR) is 78.4 cm³/mol. The van der Waals surface area contributed by atoms with E-state index < -0.39 is 0 Å². The lowest BCUT2D eigenvalue weighted by molar-refractivity contribution is -0.134. The third-order valence-electron chi connectivity index (χ3n) is 3.28. The normalized spacial score (nSPS) is 18.0. The summed E-state index contributed by atoms with van der Waals surface area (Å²) in [4.78, 5) is 25.4. The maximum Gasteiger partial charge on any atom is 0.223 e. The Bertz CT molecular complexity index is 287. The van der Waals surface area contributed by atoms with Gasteiger partial charge in [0, 0.05) is 38.5 Å². The van der Waals surface area contributed by atoms with Gasteiger partial charge in [-0.25, -0.2) is 0 Å². The summed E-state index contributed by atoms with van der Waals surface area (Å²) in [5.41, 5.74) is 0. The number of hydrogen-bond donors (Lipinski definition) is 2. The van der Waals surface area contributed by atoms with E-state index in [4.69, 9.17) is 0 Å². The Morgan fingerprint density at radius 3 is 2.68 bits per heavy atom. The fourth-order valence-electron chi connectivity index (χ4n) is 2.33. The molecule has 0 spiro atoms. The molecule has 0 aromatic rings. The first kappa shape index (κ1) is 18.2. The van der Waals surface area contributed by atoms with Crippen LogP contribution in [-0.2, 0) is 9.59 Å². The van der Waals surface area contributed by atoms with E-state index >= 15 is 0 Å². The average Bonchev–Trinajstić information content (AvgIpc) is 2.82. The Balaban J connectivity index is 0.00000324. The summed E-state index contributed by atoms with van der Waals surface area (Å²) >= 11 is 0. The largest absolute Gasteiger partial charge is 0.356 e. The highest BCUT2D eigenvalue weighted by molar-refractivity contribution is 5.85. The van der Waals surface area contributed by atoms with Crippen molar-refractivity contribution in [2.24, 2.45) is 0 Å². The van der Waals surface area contributed by atoms with Gasteiger partial charge in [-0.15, -0.1) is 12.4 Å².